The monoisotopic (exact) mass is 210 g/mol. The van der Waals surface area contributed by atoms with Gasteiger partial charge in [0.1, 0.15) is 0 Å². The van der Waals surface area contributed by atoms with Crippen LogP contribution in [0.2, 0.25) is 0 Å². The fourth-order valence-electron chi connectivity index (χ4n) is 2.41. The van der Waals surface area contributed by atoms with Crippen LogP contribution in [0.25, 0.3) is 0 Å². The van der Waals surface area contributed by atoms with Crippen LogP contribution in [0.1, 0.15) is 46.0 Å². The normalized spacial score (nSPS) is 33.9. The second kappa shape index (κ2) is 3.48. The summed E-state index contributed by atoms with van der Waals surface area (Å²) in [6, 6.07) is 0. The quantitative estimate of drug-likeness (QED) is 0.751. The maximum atomic E-state index is 12.2. The standard InChI is InChI=1S/C12H22N2O/c1-3-12(13)5-4-8-14(9-12)10(15)11(2)6-7-11/h3-9,13H2,1-2H3. The van der Waals surface area contributed by atoms with Gasteiger partial charge in [-0.2, -0.15) is 0 Å². The highest BCUT2D eigenvalue weighted by Crippen LogP contribution is 2.47. The molecule has 1 heterocycles. The van der Waals surface area contributed by atoms with E-state index < -0.39 is 0 Å². The van der Waals surface area contributed by atoms with Gasteiger partial charge in [-0.25, -0.2) is 0 Å². The molecule has 1 unspecified atom stereocenters. The minimum atomic E-state index is -0.126. The van der Waals surface area contributed by atoms with Crippen molar-refractivity contribution in [2.75, 3.05) is 13.1 Å². The number of amides is 1. The molecule has 2 fully saturated rings. The molecule has 86 valence electrons. The third-order valence-corrected chi connectivity index (χ3v) is 4.12. The lowest BCUT2D eigenvalue weighted by Crippen LogP contribution is -2.56. The van der Waals surface area contributed by atoms with E-state index in [0.717, 1.165) is 45.2 Å². The van der Waals surface area contributed by atoms with Gasteiger partial charge in [-0.15, -0.1) is 0 Å². The summed E-state index contributed by atoms with van der Waals surface area (Å²) in [5.74, 6) is 0.338. The van der Waals surface area contributed by atoms with Gasteiger partial charge in [-0.1, -0.05) is 13.8 Å². The lowest BCUT2D eigenvalue weighted by molar-refractivity contribution is -0.138. The summed E-state index contributed by atoms with van der Waals surface area (Å²) in [6.07, 6.45) is 5.21. The fourth-order valence-corrected chi connectivity index (χ4v) is 2.41. The Morgan fingerprint density at radius 1 is 1.40 bits per heavy atom. The third-order valence-electron chi connectivity index (χ3n) is 4.12. The molecule has 3 nitrogen and oxygen atoms in total. The second-order valence-electron chi connectivity index (χ2n) is 5.61. The van der Waals surface area contributed by atoms with E-state index in [9.17, 15) is 4.79 Å². The second-order valence-corrected chi connectivity index (χ2v) is 5.61. The van der Waals surface area contributed by atoms with Gasteiger partial charge in [0, 0.05) is 24.0 Å². The zero-order valence-electron chi connectivity index (χ0n) is 9.88. The van der Waals surface area contributed by atoms with Gasteiger partial charge >= 0.3 is 0 Å². The molecule has 15 heavy (non-hydrogen) atoms. The van der Waals surface area contributed by atoms with Crippen molar-refractivity contribution in [3.63, 3.8) is 0 Å². The molecule has 0 spiro atoms. The molecular weight excluding hydrogens is 188 g/mol. The average molecular weight is 210 g/mol. The first-order chi connectivity index (χ1) is 6.99. The maximum absolute atomic E-state index is 12.2. The molecule has 1 atom stereocenters. The molecule has 2 N–H and O–H groups in total. The summed E-state index contributed by atoms with van der Waals surface area (Å²) >= 11 is 0. The minimum absolute atomic E-state index is 0.0357. The predicted molar refractivity (Wildman–Crippen MR) is 60.4 cm³/mol. The van der Waals surface area contributed by atoms with E-state index in [1.165, 1.54) is 0 Å². The first-order valence-electron chi connectivity index (χ1n) is 6.07. The zero-order chi connectivity index (χ0) is 11.1. The molecule has 3 heteroatoms. The first kappa shape index (κ1) is 10.9. The summed E-state index contributed by atoms with van der Waals surface area (Å²) in [7, 11) is 0. The van der Waals surface area contributed by atoms with Crippen LogP contribution in [0, 0.1) is 5.41 Å². The minimum Gasteiger partial charge on any atom is -0.340 e. The lowest BCUT2D eigenvalue weighted by Gasteiger charge is -2.40. The number of hydrogen-bond acceptors (Lipinski definition) is 2. The van der Waals surface area contributed by atoms with Crippen LogP contribution >= 0.6 is 0 Å². The summed E-state index contributed by atoms with van der Waals surface area (Å²) in [4.78, 5) is 14.2. The van der Waals surface area contributed by atoms with Crippen molar-refractivity contribution in [3.8, 4) is 0 Å². The molecular formula is C12H22N2O. The molecule has 1 saturated carbocycles. The van der Waals surface area contributed by atoms with Crippen molar-refractivity contribution in [1.29, 1.82) is 0 Å². The molecule has 0 radical (unpaired) electrons. The highest BCUT2D eigenvalue weighted by Gasteiger charge is 2.48. The van der Waals surface area contributed by atoms with Gasteiger partial charge in [0.25, 0.3) is 0 Å². The Kier molecular flexibility index (Phi) is 2.53. The molecule has 1 amide bonds. The van der Waals surface area contributed by atoms with Crippen molar-refractivity contribution in [2.24, 2.45) is 11.1 Å². The summed E-state index contributed by atoms with van der Waals surface area (Å²) in [6.45, 7) is 5.87. The van der Waals surface area contributed by atoms with Gasteiger partial charge in [-0.3, -0.25) is 4.79 Å². The SMILES string of the molecule is CCC1(N)CCCN(C(=O)C2(C)CC2)C1. The fraction of sp³-hybridized carbons (Fsp3) is 0.917. The molecule has 2 aliphatic rings. The van der Waals surface area contributed by atoms with E-state index in [0.29, 0.717) is 5.91 Å². The van der Waals surface area contributed by atoms with Gasteiger partial charge in [0.2, 0.25) is 5.91 Å². The largest absolute Gasteiger partial charge is 0.340 e. The molecule has 1 aliphatic heterocycles. The van der Waals surface area contributed by atoms with E-state index in [1.807, 2.05) is 4.90 Å². The van der Waals surface area contributed by atoms with Crippen LogP contribution in [0.5, 0.6) is 0 Å². The first-order valence-corrected chi connectivity index (χ1v) is 6.07. The lowest BCUT2D eigenvalue weighted by atomic mass is 9.87. The smallest absolute Gasteiger partial charge is 0.228 e. The van der Waals surface area contributed by atoms with Crippen molar-refractivity contribution in [1.82, 2.24) is 4.90 Å². The topological polar surface area (TPSA) is 46.3 Å². The number of carbonyl (C=O) groups is 1. The molecule has 0 aromatic heterocycles. The molecule has 0 aromatic rings. The highest BCUT2D eigenvalue weighted by atomic mass is 16.2. The highest BCUT2D eigenvalue weighted by molar-refractivity contribution is 5.85. The Hall–Kier alpha value is -0.570. The Balaban J connectivity index is 2.01. The Labute approximate surface area is 92.0 Å². The van der Waals surface area contributed by atoms with Crippen LogP contribution < -0.4 is 5.73 Å². The van der Waals surface area contributed by atoms with Gasteiger partial charge < -0.3 is 10.6 Å². The number of carbonyl (C=O) groups excluding carboxylic acids is 1. The van der Waals surface area contributed by atoms with Gasteiger partial charge in [0.15, 0.2) is 0 Å². The number of piperidine rings is 1. The van der Waals surface area contributed by atoms with Crippen LogP contribution in [-0.2, 0) is 4.79 Å². The summed E-state index contributed by atoms with van der Waals surface area (Å²) in [5.41, 5.74) is 6.09. The molecule has 1 aliphatic carbocycles. The van der Waals surface area contributed by atoms with E-state index in [1.54, 1.807) is 0 Å². The van der Waals surface area contributed by atoms with E-state index >= 15 is 0 Å². The van der Waals surface area contributed by atoms with Crippen molar-refractivity contribution in [3.05, 3.63) is 0 Å². The van der Waals surface area contributed by atoms with E-state index in [2.05, 4.69) is 13.8 Å². The summed E-state index contributed by atoms with van der Waals surface area (Å²) in [5, 5.41) is 0. The molecule has 0 aromatic carbocycles. The van der Waals surface area contributed by atoms with Crippen molar-refractivity contribution >= 4 is 5.91 Å². The number of likely N-dealkylation sites (tertiary alicyclic amines) is 1. The van der Waals surface area contributed by atoms with E-state index in [-0.39, 0.29) is 11.0 Å². The number of nitrogens with zero attached hydrogens (tertiary/aromatic N) is 1. The van der Waals surface area contributed by atoms with Crippen LogP contribution in [0.4, 0.5) is 0 Å². The maximum Gasteiger partial charge on any atom is 0.228 e. The van der Waals surface area contributed by atoms with Crippen molar-refractivity contribution in [2.45, 2.75) is 51.5 Å². The van der Waals surface area contributed by atoms with Gasteiger partial charge in [0.05, 0.1) is 0 Å². The van der Waals surface area contributed by atoms with Crippen molar-refractivity contribution < 1.29 is 4.79 Å². The molecule has 0 bridgehead atoms. The molecule has 2 rings (SSSR count). The average Bonchev–Trinajstić information content (AvgIpc) is 2.97. The Morgan fingerprint density at radius 3 is 2.60 bits per heavy atom. The third kappa shape index (κ3) is 2.03. The van der Waals surface area contributed by atoms with Crippen LogP contribution in [-0.4, -0.2) is 29.4 Å². The molecule has 1 saturated heterocycles. The van der Waals surface area contributed by atoms with Gasteiger partial charge in [-0.05, 0) is 32.1 Å². The predicted octanol–water partition coefficient (Wildman–Crippen LogP) is 1.52. The van der Waals surface area contributed by atoms with Crippen LogP contribution in [0.3, 0.4) is 0 Å². The Morgan fingerprint density at radius 2 is 2.07 bits per heavy atom. The van der Waals surface area contributed by atoms with Crippen LogP contribution in [0.15, 0.2) is 0 Å². The van der Waals surface area contributed by atoms with E-state index in [4.69, 9.17) is 5.73 Å². The number of rotatable bonds is 2. The Bertz CT molecular complexity index is 273. The zero-order valence-corrected chi connectivity index (χ0v) is 9.88. The number of nitrogens with two attached hydrogens (primary N) is 1. The summed E-state index contributed by atoms with van der Waals surface area (Å²) < 4.78 is 0. The number of hydrogen-bond donors (Lipinski definition) is 1.